The van der Waals surface area contributed by atoms with Crippen LogP contribution in [0.3, 0.4) is 0 Å². The van der Waals surface area contributed by atoms with Crippen LogP contribution in [-0.4, -0.2) is 89.4 Å². The molecule has 1 aromatic heterocycles. The molecule has 3 heterocycles. The zero-order chi connectivity index (χ0) is 24.2. The highest BCUT2D eigenvalue weighted by atomic mass is 32.1. The number of benzene rings is 1. The van der Waals surface area contributed by atoms with Crippen LogP contribution in [0.4, 0.5) is 0 Å². The molecule has 4 rings (SSSR count). The van der Waals surface area contributed by atoms with E-state index in [2.05, 4.69) is 15.6 Å². The molecule has 2 aliphatic rings. The quantitative estimate of drug-likeness (QED) is 0.509. The standard InChI is InChI=1S/C24H33N5O4S/c1-15-22(34-14-27-15)18-6-4-17(5-7-18)11-26-23(32)20-10-19(30)13-29(20)24(33-3)16(2)28-9-8-25-12-21(28)31/h4-7,14,16,19-20,24-25,30H,8-13H2,1-3H3,(H,26,32)/t16?,19-,20+,24?/m1/s1. The highest BCUT2D eigenvalue weighted by molar-refractivity contribution is 7.13. The van der Waals surface area contributed by atoms with Crippen LogP contribution in [-0.2, 0) is 20.9 Å². The van der Waals surface area contributed by atoms with Crippen molar-refractivity contribution in [1.82, 2.24) is 25.4 Å². The summed E-state index contributed by atoms with van der Waals surface area (Å²) in [5.41, 5.74) is 4.95. The average Bonchev–Trinajstić information content (AvgIpc) is 3.44. The summed E-state index contributed by atoms with van der Waals surface area (Å²) in [7, 11) is 1.58. The van der Waals surface area contributed by atoms with Crippen LogP contribution < -0.4 is 10.6 Å². The van der Waals surface area contributed by atoms with Crippen molar-refractivity contribution in [3.63, 3.8) is 0 Å². The third-order valence-electron chi connectivity index (χ3n) is 6.65. The van der Waals surface area contributed by atoms with Gasteiger partial charge in [-0.05, 0) is 31.4 Å². The number of methoxy groups -OCH3 is 1. The van der Waals surface area contributed by atoms with Gasteiger partial charge in [0.15, 0.2) is 0 Å². The molecule has 10 heteroatoms. The summed E-state index contributed by atoms with van der Waals surface area (Å²) < 4.78 is 5.76. The van der Waals surface area contributed by atoms with E-state index in [1.165, 1.54) is 0 Å². The van der Waals surface area contributed by atoms with Gasteiger partial charge in [0.1, 0.15) is 6.23 Å². The second-order valence-electron chi connectivity index (χ2n) is 8.91. The minimum Gasteiger partial charge on any atom is -0.392 e. The topological polar surface area (TPSA) is 107 Å². The van der Waals surface area contributed by atoms with Crippen LogP contribution in [0.25, 0.3) is 10.4 Å². The van der Waals surface area contributed by atoms with Crippen molar-refractivity contribution in [2.24, 2.45) is 0 Å². The van der Waals surface area contributed by atoms with Crippen molar-refractivity contribution in [2.45, 2.75) is 51.2 Å². The lowest BCUT2D eigenvalue weighted by atomic mass is 10.1. The van der Waals surface area contributed by atoms with Crippen molar-refractivity contribution in [3.8, 4) is 10.4 Å². The number of likely N-dealkylation sites (tertiary alicyclic amines) is 1. The lowest BCUT2D eigenvalue weighted by Crippen LogP contribution is -2.60. The summed E-state index contributed by atoms with van der Waals surface area (Å²) >= 11 is 1.61. The molecule has 9 nitrogen and oxygen atoms in total. The van der Waals surface area contributed by atoms with Gasteiger partial charge in [0.25, 0.3) is 0 Å². The Hall–Kier alpha value is -2.37. The number of nitrogens with one attached hydrogen (secondary N) is 2. The molecule has 4 atom stereocenters. The summed E-state index contributed by atoms with van der Waals surface area (Å²) in [4.78, 5) is 34.6. The highest BCUT2D eigenvalue weighted by Gasteiger charge is 2.43. The van der Waals surface area contributed by atoms with E-state index in [4.69, 9.17) is 4.74 Å². The molecule has 2 amide bonds. The Morgan fingerprint density at radius 2 is 2.15 bits per heavy atom. The summed E-state index contributed by atoms with van der Waals surface area (Å²) in [6.07, 6.45) is -0.782. The molecule has 0 spiro atoms. The normalized spacial score (nSPS) is 23.2. The minimum atomic E-state index is -0.624. The van der Waals surface area contributed by atoms with Gasteiger partial charge >= 0.3 is 0 Å². The number of nitrogens with zero attached hydrogens (tertiary/aromatic N) is 3. The van der Waals surface area contributed by atoms with Crippen LogP contribution in [0.5, 0.6) is 0 Å². The van der Waals surface area contributed by atoms with Crippen molar-refractivity contribution in [2.75, 3.05) is 33.3 Å². The fourth-order valence-corrected chi connectivity index (χ4v) is 5.66. The third kappa shape index (κ3) is 5.31. The molecule has 3 N–H and O–H groups in total. The van der Waals surface area contributed by atoms with Gasteiger partial charge in [-0.1, -0.05) is 24.3 Å². The number of carbonyl (C=O) groups is 2. The number of β-amino-alcohol motifs (C(OH)–C–C–N with tert-alkyl or cyclic N) is 1. The smallest absolute Gasteiger partial charge is 0.237 e. The van der Waals surface area contributed by atoms with Crippen LogP contribution in [0.1, 0.15) is 24.6 Å². The first kappa shape index (κ1) is 24.7. The molecule has 2 aromatic rings. The number of aliphatic hydroxyl groups excluding tert-OH is 1. The lowest BCUT2D eigenvalue weighted by Gasteiger charge is -2.41. The molecule has 2 aliphatic heterocycles. The number of hydrogen-bond acceptors (Lipinski definition) is 8. The molecule has 0 bridgehead atoms. The lowest BCUT2D eigenvalue weighted by molar-refractivity contribution is -0.147. The van der Waals surface area contributed by atoms with Crippen molar-refractivity contribution < 1.29 is 19.4 Å². The van der Waals surface area contributed by atoms with Crippen LogP contribution >= 0.6 is 11.3 Å². The molecule has 1 aromatic carbocycles. The van der Waals surface area contributed by atoms with Crippen molar-refractivity contribution in [1.29, 1.82) is 0 Å². The van der Waals surface area contributed by atoms with E-state index in [1.807, 2.05) is 48.5 Å². The van der Waals surface area contributed by atoms with E-state index in [0.29, 0.717) is 32.6 Å². The highest BCUT2D eigenvalue weighted by Crippen LogP contribution is 2.28. The molecule has 2 fully saturated rings. The minimum absolute atomic E-state index is 0.0125. The largest absolute Gasteiger partial charge is 0.392 e. The van der Waals surface area contributed by atoms with E-state index >= 15 is 0 Å². The summed E-state index contributed by atoms with van der Waals surface area (Å²) in [5.74, 6) is -0.140. The second-order valence-corrected chi connectivity index (χ2v) is 9.77. The van der Waals surface area contributed by atoms with Gasteiger partial charge in [0.05, 0.1) is 40.8 Å². The van der Waals surface area contributed by atoms with Gasteiger partial charge in [0, 0.05) is 33.3 Å². The van der Waals surface area contributed by atoms with E-state index in [9.17, 15) is 14.7 Å². The molecular weight excluding hydrogens is 454 g/mol. The number of aryl methyl sites for hydroxylation is 1. The monoisotopic (exact) mass is 487 g/mol. The zero-order valence-electron chi connectivity index (χ0n) is 19.9. The number of hydrogen-bond donors (Lipinski definition) is 3. The van der Waals surface area contributed by atoms with Crippen molar-refractivity contribution in [3.05, 3.63) is 41.0 Å². The van der Waals surface area contributed by atoms with Crippen molar-refractivity contribution >= 4 is 23.2 Å². The summed E-state index contributed by atoms with van der Waals surface area (Å²) in [6, 6.07) is 7.32. The summed E-state index contributed by atoms with van der Waals surface area (Å²) in [6.45, 7) is 6.26. The Morgan fingerprint density at radius 3 is 2.79 bits per heavy atom. The zero-order valence-corrected chi connectivity index (χ0v) is 20.7. The van der Waals surface area contributed by atoms with Gasteiger partial charge < -0.3 is 25.4 Å². The van der Waals surface area contributed by atoms with Crippen LogP contribution in [0.2, 0.25) is 0 Å². The van der Waals surface area contributed by atoms with E-state index in [1.54, 1.807) is 23.3 Å². The number of aliphatic hydroxyl groups is 1. The van der Waals surface area contributed by atoms with Crippen LogP contribution in [0, 0.1) is 6.92 Å². The molecule has 0 aliphatic carbocycles. The number of aromatic nitrogens is 1. The van der Waals surface area contributed by atoms with E-state index in [0.717, 1.165) is 28.2 Å². The van der Waals surface area contributed by atoms with Gasteiger partial charge in [-0.2, -0.15) is 0 Å². The Labute approximate surface area is 204 Å². The predicted octanol–water partition coefficient (Wildman–Crippen LogP) is 0.963. The molecule has 0 radical (unpaired) electrons. The number of rotatable bonds is 8. The maximum absolute atomic E-state index is 13.1. The Kier molecular flexibility index (Phi) is 7.95. The van der Waals surface area contributed by atoms with Gasteiger partial charge in [-0.3, -0.25) is 14.5 Å². The first-order valence-electron chi connectivity index (χ1n) is 11.6. The maximum atomic E-state index is 13.1. The number of thiazole rings is 1. The number of amides is 2. The van der Waals surface area contributed by atoms with E-state index in [-0.39, 0.29) is 17.9 Å². The molecule has 2 saturated heterocycles. The number of piperazine rings is 1. The Bertz CT molecular complexity index is 998. The molecule has 184 valence electrons. The summed E-state index contributed by atoms with van der Waals surface area (Å²) in [5, 5.41) is 16.5. The first-order valence-corrected chi connectivity index (χ1v) is 12.5. The predicted molar refractivity (Wildman–Crippen MR) is 130 cm³/mol. The second kappa shape index (κ2) is 10.9. The van der Waals surface area contributed by atoms with E-state index < -0.39 is 18.4 Å². The molecule has 0 saturated carbocycles. The molecule has 34 heavy (non-hydrogen) atoms. The van der Waals surface area contributed by atoms with Gasteiger partial charge in [-0.15, -0.1) is 11.3 Å². The number of carbonyl (C=O) groups excluding carboxylic acids is 2. The number of ether oxygens (including phenoxy) is 1. The molecular formula is C24H33N5O4S. The first-order chi connectivity index (χ1) is 16.4. The third-order valence-corrected chi connectivity index (χ3v) is 7.62. The fourth-order valence-electron chi connectivity index (χ4n) is 4.85. The average molecular weight is 488 g/mol. The van der Waals surface area contributed by atoms with Gasteiger partial charge in [-0.25, -0.2) is 4.98 Å². The maximum Gasteiger partial charge on any atom is 0.237 e. The SMILES string of the molecule is COC(C(C)N1CCNCC1=O)N1C[C@H](O)C[C@H]1C(=O)NCc1ccc(-c2scnc2C)cc1. The van der Waals surface area contributed by atoms with Crippen LogP contribution in [0.15, 0.2) is 29.8 Å². The Balaban J connectivity index is 1.40. The van der Waals surface area contributed by atoms with Gasteiger partial charge in [0.2, 0.25) is 11.8 Å². The fraction of sp³-hybridized carbons (Fsp3) is 0.542. The molecule has 2 unspecified atom stereocenters. The Morgan fingerprint density at radius 1 is 1.38 bits per heavy atom.